The fourth-order valence-corrected chi connectivity index (χ4v) is 3.80. The first kappa shape index (κ1) is 17.2. The van der Waals surface area contributed by atoms with Gasteiger partial charge in [-0.25, -0.2) is 9.78 Å². The van der Waals surface area contributed by atoms with Crippen LogP contribution >= 0.6 is 22.7 Å². The maximum atomic E-state index is 12.6. The minimum Gasteiger partial charge on any atom is -0.463 e. The fourth-order valence-electron chi connectivity index (χ4n) is 2.41. The van der Waals surface area contributed by atoms with Gasteiger partial charge in [-0.15, -0.1) is 22.7 Å². The van der Waals surface area contributed by atoms with Gasteiger partial charge in [-0.2, -0.15) is 0 Å². The number of nitrogens with zero attached hydrogens (tertiary/aromatic N) is 2. The molecule has 0 bridgehead atoms. The second-order valence-corrected chi connectivity index (χ2v) is 7.34. The van der Waals surface area contributed by atoms with Crippen LogP contribution in [0.1, 0.15) is 15.2 Å². The molecule has 0 aliphatic carbocycles. The molecule has 0 aliphatic rings. The minimum atomic E-state index is -0.660. The molecule has 0 spiro atoms. The molecule has 0 aliphatic heterocycles. The summed E-state index contributed by atoms with van der Waals surface area (Å²) in [6, 6.07) is 7.14. The normalized spacial score (nSPS) is 10.8. The van der Waals surface area contributed by atoms with Crippen LogP contribution in [0, 0.1) is 0 Å². The molecular weight excluding hydrogens is 388 g/mol. The van der Waals surface area contributed by atoms with E-state index in [2.05, 4.69) is 15.3 Å². The van der Waals surface area contributed by atoms with E-state index in [1.807, 2.05) is 17.5 Å². The second kappa shape index (κ2) is 7.17. The lowest BCUT2D eigenvalue weighted by Crippen LogP contribution is -2.39. The van der Waals surface area contributed by atoms with Gasteiger partial charge in [-0.3, -0.25) is 19.5 Å². The van der Waals surface area contributed by atoms with Crippen molar-refractivity contribution in [3.63, 3.8) is 0 Å². The molecule has 4 rings (SSSR count). The summed E-state index contributed by atoms with van der Waals surface area (Å²) in [5, 5.41) is 6.49. The summed E-state index contributed by atoms with van der Waals surface area (Å²) in [4.78, 5) is 44.6. The molecule has 0 aromatic carbocycles. The third-order valence-corrected chi connectivity index (χ3v) is 5.32. The van der Waals surface area contributed by atoms with Crippen molar-refractivity contribution in [3.05, 3.63) is 78.8 Å². The van der Waals surface area contributed by atoms with E-state index >= 15 is 0 Å². The molecular formula is C17H12N4O4S2. The molecule has 136 valence electrons. The van der Waals surface area contributed by atoms with Crippen molar-refractivity contribution in [2.24, 2.45) is 0 Å². The second-order valence-electron chi connectivity index (χ2n) is 5.45. The molecule has 0 saturated heterocycles. The molecule has 0 radical (unpaired) electrons. The molecule has 4 heterocycles. The third kappa shape index (κ3) is 3.52. The van der Waals surface area contributed by atoms with Crippen LogP contribution in [0.25, 0.3) is 11.5 Å². The highest BCUT2D eigenvalue weighted by Crippen LogP contribution is 2.25. The summed E-state index contributed by atoms with van der Waals surface area (Å²) in [6.45, 7) is 0.104. The highest BCUT2D eigenvalue weighted by atomic mass is 32.1. The molecule has 0 saturated carbocycles. The van der Waals surface area contributed by atoms with E-state index in [0.717, 1.165) is 15.6 Å². The first-order valence-electron chi connectivity index (χ1n) is 7.77. The average Bonchev–Trinajstić information content (AvgIpc) is 3.40. The van der Waals surface area contributed by atoms with Gasteiger partial charge in [0.2, 0.25) is 0 Å². The minimum absolute atomic E-state index is 0.104. The Labute approximate surface area is 159 Å². The molecule has 27 heavy (non-hydrogen) atoms. The van der Waals surface area contributed by atoms with Crippen molar-refractivity contribution in [2.45, 2.75) is 6.54 Å². The van der Waals surface area contributed by atoms with Crippen LogP contribution in [0.15, 0.2) is 61.5 Å². The number of H-pyrrole nitrogens is 1. The van der Waals surface area contributed by atoms with Gasteiger partial charge in [0.15, 0.2) is 10.9 Å². The van der Waals surface area contributed by atoms with E-state index in [1.165, 1.54) is 28.9 Å². The van der Waals surface area contributed by atoms with Crippen molar-refractivity contribution in [1.29, 1.82) is 0 Å². The number of nitrogens with one attached hydrogen (secondary N) is 2. The monoisotopic (exact) mass is 400 g/mol. The standard InChI is InChI=1S/C17H12N4O4S2/c22-14(20-16-19-12(9-27-16)13-4-1-5-25-13)11-7-18-17(24)21(15(11)23)8-10-3-2-6-26-10/h1-7,9H,8H2,(H,18,24)(H,19,20,22). The first-order chi connectivity index (χ1) is 13.1. The fraction of sp³-hybridized carbons (Fsp3) is 0.0588. The van der Waals surface area contributed by atoms with Gasteiger partial charge in [-0.05, 0) is 23.6 Å². The zero-order chi connectivity index (χ0) is 18.8. The number of aromatic amines is 1. The Balaban J connectivity index is 1.59. The van der Waals surface area contributed by atoms with E-state index in [0.29, 0.717) is 16.6 Å². The van der Waals surface area contributed by atoms with Crippen molar-refractivity contribution in [1.82, 2.24) is 14.5 Å². The SMILES string of the molecule is O=C(Nc1nc(-c2ccco2)cs1)c1c[nH]c(=O)n(Cc2cccs2)c1=O. The number of rotatable bonds is 5. The van der Waals surface area contributed by atoms with Crippen molar-refractivity contribution >= 4 is 33.7 Å². The van der Waals surface area contributed by atoms with Crippen molar-refractivity contribution in [3.8, 4) is 11.5 Å². The molecule has 1 amide bonds. The Morgan fingerprint density at radius 1 is 1.26 bits per heavy atom. The van der Waals surface area contributed by atoms with E-state index in [1.54, 1.807) is 17.5 Å². The molecule has 4 aromatic heterocycles. The van der Waals surface area contributed by atoms with Gasteiger partial charge in [0, 0.05) is 16.5 Å². The van der Waals surface area contributed by atoms with Crippen LogP contribution in [0.2, 0.25) is 0 Å². The number of furan rings is 1. The maximum Gasteiger partial charge on any atom is 0.328 e. The van der Waals surface area contributed by atoms with Crippen LogP contribution in [0.5, 0.6) is 0 Å². The summed E-state index contributed by atoms with van der Waals surface area (Å²) in [7, 11) is 0. The van der Waals surface area contributed by atoms with E-state index in [9.17, 15) is 14.4 Å². The van der Waals surface area contributed by atoms with E-state index < -0.39 is 17.2 Å². The van der Waals surface area contributed by atoms with Crippen LogP contribution in [0.3, 0.4) is 0 Å². The number of hydrogen-bond acceptors (Lipinski definition) is 7. The molecule has 8 nitrogen and oxygen atoms in total. The number of amides is 1. The molecule has 10 heteroatoms. The van der Waals surface area contributed by atoms with Crippen LogP contribution in [0.4, 0.5) is 5.13 Å². The van der Waals surface area contributed by atoms with Gasteiger partial charge in [-0.1, -0.05) is 6.07 Å². The summed E-state index contributed by atoms with van der Waals surface area (Å²) >= 11 is 2.63. The molecule has 0 atom stereocenters. The first-order valence-corrected chi connectivity index (χ1v) is 9.53. The predicted octanol–water partition coefficient (Wildman–Crippen LogP) is 2.62. The topological polar surface area (TPSA) is 110 Å². The van der Waals surface area contributed by atoms with Gasteiger partial charge >= 0.3 is 5.69 Å². The molecule has 0 unspecified atom stereocenters. The highest BCUT2D eigenvalue weighted by Gasteiger charge is 2.17. The number of hydrogen-bond donors (Lipinski definition) is 2. The number of anilines is 1. The zero-order valence-corrected chi connectivity index (χ0v) is 15.3. The number of thiazole rings is 1. The van der Waals surface area contributed by atoms with Crippen LogP contribution in [-0.4, -0.2) is 20.4 Å². The number of carbonyl (C=O) groups is 1. The summed E-state index contributed by atoms with van der Waals surface area (Å²) < 4.78 is 6.26. The van der Waals surface area contributed by atoms with Crippen LogP contribution < -0.4 is 16.6 Å². The third-order valence-electron chi connectivity index (χ3n) is 3.70. The lowest BCUT2D eigenvalue weighted by atomic mass is 10.3. The summed E-state index contributed by atoms with van der Waals surface area (Å²) in [5.74, 6) is -0.0642. The van der Waals surface area contributed by atoms with Gasteiger partial charge < -0.3 is 9.40 Å². The number of carbonyl (C=O) groups excluding carboxylic acids is 1. The quantitative estimate of drug-likeness (QED) is 0.535. The average molecular weight is 400 g/mol. The largest absolute Gasteiger partial charge is 0.463 e. The smallest absolute Gasteiger partial charge is 0.328 e. The predicted molar refractivity (Wildman–Crippen MR) is 103 cm³/mol. The zero-order valence-electron chi connectivity index (χ0n) is 13.7. The maximum absolute atomic E-state index is 12.6. The highest BCUT2D eigenvalue weighted by molar-refractivity contribution is 7.14. The number of aromatic nitrogens is 3. The van der Waals surface area contributed by atoms with Gasteiger partial charge in [0.05, 0.1) is 12.8 Å². The van der Waals surface area contributed by atoms with Gasteiger partial charge in [0.25, 0.3) is 11.5 Å². The number of thiophene rings is 1. The Hall–Kier alpha value is -3.24. The van der Waals surface area contributed by atoms with Crippen molar-refractivity contribution in [2.75, 3.05) is 5.32 Å². The summed E-state index contributed by atoms with van der Waals surface area (Å²) in [5.41, 5.74) is -0.815. The summed E-state index contributed by atoms with van der Waals surface area (Å²) in [6.07, 6.45) is 2.65. The van der Waals surface area contributed by atoms with Gasteiger partial charge in [0.1, 0.15) is 11.3 Å². The molecule has 4 aromatic rings. The lowest BCUT2D eigenvalue weighted by molar-refractivity contribution is 0.102. The Morgan fingerprint density at radius 2 is 2.15 bits per heavy atom. The van der Waals surface area contributed by atoms with E-state index in [-0.39, 0.29) is 12.1 Å². The van der Waals surface area contributed by atoms with Crippen molar-refractivity contribution < 1.29 is 9.21 Å². The Kier molecular flexibility index (Phi) is 4.57. The molecule has 0 fully saturated rings. The Bertz CT molecular complexity index is 1190. The molecule has 2 N–H and O–H groups in total. The lowest BCUT2D eigenvalue weighted by Gasteiger charge is -2.06. The van der Waals surface area contributed by atoms with E-state index in [4.69, 9.17) is 4.42 Å². The Morgan fingerprint density at radius 3 is 2.89 bits per heavy atom. The van der Waals surface area contributed by atoms with Crippen LogP contribution in [-0.2, 0) is 6.54 Å².